The Morgan fingerprint density at radius 1 is 0.969 bits per heavy atom. The summed E-state index contributed by atoms with van der Waals surface area (Å²) in [6.07, 6.45) is 0. The van der Waals surface area contributed by atoms with Crippen LogP contribution in [0.15, 0.2) is 77.3 Å². The van der Waals surface area contributed by atoms with Crippen molar-refractivity contribution in [2.24, 2.45) is 0 Å². The van der Waals surface area contributed by atoms with Gasteiger partial charge in [-0.25, -0.2) is 0 Å². The van der Waals surface area contributed by atoms with E-state index >= 15 is 0 Å². The molecule has 0 aliphatic rings. The van der Waals surface area contributed by atoms with Crippen LogP contribution in [0.25, 0.3) is 0 Å². The third-order valence-corrected chi connectivity index (χ3v) is 5.39. The van der Waals surface area contributed by atoms with Gasteiger partial charge in [0.05, 0.1) is 20.2 Å². The number of halogens is 1. The van der Waals surface area contributed by atoms with Gasteiger partial charge >= 0.3 is 0 Å². The summed E-state index contributed by atoms with van der Waals surface area (Å²) in [6, 6.07) is 23.1. The van der Waals surface area contributed by atoms with E-state index in [1.807, 2.05) is 84.6 Å². The molecule has 0 spiro atoms. The predicted molar refractivity (Wildman–Crippen MR) is 131 cm³/mol. The van der Waals surface area contributed by atoms with Crippen molar-refractivity contribution in [1.29, 1.82) is 0 Å². The maximum atomic E-state index is 12.6. The van der Waals surface area contributed by atoms with Gasteiger partial charge in [0, 0.05) is 22.4 Å². The minimum atomic E-state index is -0.275. The van der Waals surface area contributed by atoms with Crippen LogP contribution in [0.5, 0.6) is 5.75 Å². The smallest absolute Gasteiger partial charge is 0.243 e. The number of hydrogen-bond donors (Lipinski definition) is 2. The predicted octanol–water partition coefficient (Wildman–Crippen LogP) is 4.53. The Bertz CT molecular complexity index is 1060. The molecule has 0 fully saturated rings. The van der Waals surface area contributed by atoms with Gasteiger partial charge in [-0.05, 0) is 60.5 Å². The van der Waals surface area contributed by atoms with Crippen molar-refractivity contribution in [3.63, 3.8) is 0 Å². The van der Waals surface area contributed by atoms with Gasteiger partial charge in [0.1, 0.15) is 5.75 Å². The number of anilines is 2. The second-order valence-corrected chi connectivity index (χ2v) is 8.24. The first kappa shape index (κ1) is 23.3. The van der Waals surface area contributed by atoms with E-state index in [4.69, 9.17) is 4.74 Å². The fourth-order valence-electron chi connectivity index (χ4n) is 3.21. The summed E-state index contributed by atoms with van der Waals surface area (Å²) in [7, 11) is 1.62. The lowest BCUT2D eigenvalue weighted by Crippen LogP contribution is -2.40. The van der Waals surface area contributed by atoms with Crippen LogP contribution in [-0.4, -0.2) is 32.0 Å². The molecule has 0 bridgehead atoms. The Labute approximate surface area is 196 Å². The van der Waals surface area contributed by atoms with Gasteiger partial charge in [-0.2, -0.15) is 0 Å². The fraction of sp³-hybridized carbons (Fsp3) is 0.200. The van der Waals surface area contributed by atoms with Crippen molar-refractivity contribution < 1.29 is 14.3 Å². The molecule has 3 aromatic carbocycles. The van der Waals surface area contributed by atoms with E-state index in [0.717, 1.165) is 32.7 Å². The van der Waals surface area contributed by atoms with Crippen LogP contribution in [0.1, 0.15) is 11.1 Å². The molecule has 0 unspecified atom stereocenters. The quantitative estimate of drug-likeness (QED) is 0.457. The number of methoxy groups -OCH3 is 1. The van der Waals surface area contributed by atoms with Gasteiger partial charge in [-0.15, -0.1) is 0 Å². The third kappa shape index (κ3) is 6.85. The standard InChI is InChI=1S/C25H26BrN3O3/c1-18-14-20(26)8-13-23(18)28-24(30)15-27-25(31)17-29(16-19-6-4-3-5-7-19)21-9-11-22(32-2)12-10-21/h3-14H,15-17H2,1-2H3,(H,27,31)(H,28,30). The van der Waals surface area contributed by atoms with Crippen LogP contribution < -0.4 is 20.3 Å². The number of nitrogens with one attached hydrogen (secondary N) is 2. The summed E-state index contributed by atoms with van der Waals surface area (Å²) in [5.41, 5.74) is 3.63. The number of carbonyl (C=O) groups excluding carboxylic acids is 2. The van der Waals surface area contributed by atoms with E-state index in [-0.39, 0.29) is 24.9 Å². The van der Waals surface area contributed by atoms with Gasteiger partial charge in [0.15, 0.2) is 0 Å². The van der Waals surface area contributed by atoms with E-state index in [9.17, 15) is 9.59 Å². The molecule has 0 aliphatic heterocycles. The van der Waals surface area contributed by atoms with Crippen molar-refractivity contribution in [2.45, 2.75) is 13.5 Å². The molecule has 0 aromatic heterocycles. The van der Waals surface area contributed by atoms with E-state index in [1.165, 1.54) is 0 Å². The van der Waals surface area contributed by atoms with Crippen molar-refractivity contribution in [3.8, 4) is 5.75 Å². The maximum Gasteiger partial charge on any atom is 0.243 e. The molecule has 7 heteroatoms. The van der Waals surface area contributed by atoms with Crippen LogP contribution in [0.4, 0.5) is 11.4 Å². The minimum absolute atomic E-state index is 0.101. The molecule has 0 radical (unpaired) electrons. The Morgan fingerprint density at radius 3 is 2.34 bits per heavy atom. The molecule has 2 amide bonds. The van der Waals surface area contributed by atoms with E-state index < -0.39 is 0 Å². The van der Waals surface area contributed by atoms with Crippen LogP contribution in [0, 0.1) is 6.92 Å². The average molecular weight is 496 g/mol. The summed E-state index contributed by atoms with van der Waals surface area (Å²) >= 11 is 3.40. The molecule has 166 valence electrons. The highest BCUT2D eigenvalue weighted by molar-refractivity contribution is 9.10. The van der Waals surface area contributed by atoms with Crippen molar-refractivity contribution in [2.75, 3.05) is 30.4 Å². The molecule has 32 heavy (non-hydrogen) atoms. The molecule has 3 rings (SSSR count). The average Bonchev–Trinajstić information content (AvgIpc) is 2.80. The van der Waals surface area contributed by atoms with E-state index in [1.54, 1.807) is 7.11 Å². The van der Waals surface area contributed by atoms with Crippen LogP contribution in [-0.2, 0) is 16.1 Å². The molecule has 0 saturated heterocycles. The molecular formula is C25H26BrN3O3. The number of benzene rings is 3. The lowest BCUT2D eigenvalue weighted by Gasteiger charge is -2.24. The molecule has 3 aromatic rings. The summed E-state index contributed by atoms with van der Waals surface area (Å²) in [5.74, 6) is 0.236. The number of nitrogens with zero attached hydrogens (tertiary/aromatic N) is 1. The first-order valence-electron chi connectivity index (χ1n) is 10.2. The number of aryl methyl sites for hydroxylation is 1. The lowest BCUT2D eigenvalue weighted by atomic mass is 10.2. The van der Waals surface area contributed by atoms with Crippen LogP contribution in [0.2, 0.25) is 0 Å². The molecule has 2 N–H and O–H groups in total. The van der Waals surface area contributed by atoms with Gasteiger partial charge < -0.3 is 20.3 Å². The van der Waals surface area contributed by atoms with Gasteiger partial charge in [0.25, 0.3) is 0 Å². The van der Waals surface area contributed by atoms with Crippen LogP contribution >= 0.6 is 15.9 Å². The summed E-state index contributed by atoms with van der Waals surface area (Å²) in [6.45, 7) is 2.49. The summed E-state index contributed by atoms with van der Waals surface area (Å²) in [5, 5.41) is 5.54. The molecular weight excluding hydrogens is 470 g/mol. The van der Waals surface area contributed by atoms with E-state index in [0.29, 0.717) is 6.54 Å². The zero-order valence-corrected chi connectivity index (χ0v) is 19.7. The zero-order chi connectivity index (χ0) is 22.9. The molecule has 0 heterocycles. The number of ether oxygens (including phenoxy) is 1. The Morgan fingerprint density at radius 2 is 1.69 bits per heavy atom. The number of amides is 2. The summed E-state index contributed by atoms with van der Waals surface area (Å²) < 4.78 is 6.17. The van der Waals surface area contributed by atoms with Gasteiger partial charge in [0.2, 0.25) is 11.8 Å². The maximum absolute atomic E-state index is 12.6. The minimum Gasteiger partial charge on any atom is -0.497 e. The number of rotatable bonds is 9. The highest BCUT2D eigenvalue weighted by Gasteiger charge is 2.14. The SMILES string of the molecule is COc1ccc(N(CC(=O)NCC(=O)Nc2ccc(Br)cc2C)Cc2ccccc2)cc1. The first-order chi connectivity index (χ1) is 15.4. The molecule has 0 atom stereocenters. The Hall–Kier alpha value is -3.32. The van der Waals surface area contributed by atoms with Gasteiger partial charge in [-0.1, -0.05) is 46.3 Å². The van der Waals surface area contributed by atoms with Crippen LogP contribution in [0.3, 0.4) is 0 Å². The second kappa shape index (κ2) is 11.3. The lowest BCUT2D eigenvalue weighted by molar-refractivity contribution is -0.123. The second-order valence-electron chi connectivity index (χ2n) is 7.32. The summed E-state index contributed by atoms with van der Waals surface area (Å²) in [4.78, 5) is 26.9. The highest BCUT2D eigenvalue weighted by atomic mass is 79.9. The topological polar surface area (TPSA) is 70.7 Å². The third-order valence-electron chi connectivity index (χ3n) is 4.90. The van der Waals surface area contributed by atoms with Crippen molar-refractivity contribution in [3.05, 3.63) is 88.4 Å². The Kier molecular flexibility index (Phi) is 8.27. The Balaban J connectivity index is 1.61. The molecule has 0 saturated carbocycles. The number of hydrogen-bond acceptors (Lipinski definition) is 4. The number of carbonyl (C=O) groups is 2. The normalized spacial score (nSPS) is 10.3. The monoisotopic (exact) mass is 495 g/mol. The van der Waals surface area contributed by atoms with Crippen molar-refractivity contribution in [1.82, 2.24) is 5.32 Å². The largest absolute Gasteiger partial charge is 0.497 e. The zero-order valence-electron chi connectivity index (χ0n) is 18.1. The van der Waals surface area contributed by atoms with E-state index in [2.05, 4.69) is 26.6 Å². The van der Waals surface area contributed by atoms with Crippen molar-refractivity contribution >= 4 is 39.1 Å². The fourth-order valence-corrected chi connectivity index (χ4v) is 3.68. The first-order valence-corrected chi connectivity index (χ1v) is 11.0. The molecule has 0 aliphatic carbocycles. The molecule has 6 nitrogen and oxygen atoms in total. The highest BCUT2D eigenvalue weighted by Crippen LogP contribution is 2.21. The van der Waals surface area contributed by atoms with Gasteiger partial charge in [-0.3, -0.25) is 9.59 Å².